The summed E-state index contributed by atoms with van der Waals surface area (Å²) in [6.07, 6.45) is 0.200. The second kappa shape index (κ2) is 4.89. The zero-order valence-corrected chi connectivity index (χ0v) is 11.5. The van der Waals surface area contributed by atoms with Crippen LogP contribution in [0.25, 0.3) is 0 Å². The molecule has 2 N–H and O–H groups in total. The third-order valence-corrected chi connectivity index (χ3v) is 4.23. The molecule has 1 rings (SSSR count). The Hall–Kier alpha value is -0.340. The summed E-state index contributed by atoms with van der Waals surface area (Å²) >= 11 is 3.22. The number of nitrogens with one attached hydrogen (secondary N) is 2. The molecule has 8 heteroatoms. The molecule has 0 aromatic carbocycles. The predicted molar refractivity (Wildman–Crippen MR) is 62.6 cm³/mol. The summed E-state index contributed by atoms with van der Waals surface area (Å²) < 4.78 is 31.9. The molecule has 0 unspecified atom stereocenters. The van der Waals surface area contributed by atoms with Crippen molar-refractivity contribution in [3.8, 4) is 0 Å². The molecule has 1 saturated carbocycles. The lowest BCUT2D eigenvalue weighted by Gasteiger charge is -2.15. The molecule has 1 amide bonds. The third kappa shape index (κ3) is 4.26. The zero-order valence-electron chi connectivity index (χ0n) is 9.12. The first-order valence-corrected chi connectivity index (χ1v) is 7.47. The molecule has 0 atom stereocenters. The van der Waals surface area contributed by atoms with E-state index in [9.17, 15) is 13.2 Å². The second-order valence-corrected chi connectivity index (χ2v) is 6.05. The van der Waals surface area contributed by atoms with Gasteiger partial charge < -0.3 is 4.74 Å². The van der Waals surface area contributed by atoms with Gasteiger partial charge in [0.25, 0.3) is 0 Å². The van der Waals surface area contributed by atoms with Crippen LogP contribution in [0.4, 0.5) is 4.79 Å². The van der Waals surface area contributed by atoms with E-state index in [0.717, 1.165) is 12.8 Å². The summed E-state index contributed by atoms with van der Waals surface area (Å²) in [6, 6.07) is 0. The zero-order chi connectivity index (χ0) is 12.4. The van der Waals surface area contributed by atoms with Crippen molar-refractivity contribution in [1.82, 2.24) is 9.44 Å². The van der Waals surface area contributed by atoms with E-state index in [0.29, 0.717) is 5.33 Å². The van der Waals surface area contributed by atoms with Gasteiger partial charge in [-0.25, -0.2) is 9.52 Å². The maximum Gasteiger partial charge on any atom is 0.422 e. The maximum absolute atomic E-state index is 11.5. The fourth-order valence-electron chi connectivity index (χ4n) is 1.07. The predicted octanol–water partition coefficient (Wildman–Crippen LogP) is 0.883. The summed E-state index contributed by atoms with van der Waals surface area (Å²) in [4.78, 5) is 11.1. The Kier molecular flexibility index (Phi) is 4.19. The number of rotatable bonds is 5. The van der Waals surface area contributed by atoms with Gasteiger partial charge in [0.05, 0.1) is 6.10 Å². The number of hydrogen-bond donors (Lipinski definition) is 2. The van der Waals surface area contributed by atoms with Crippen LogP contribution in [0.3, 0.4) is 0 Å². The highest BCUT2D eigenvalue weighted by molar-refractivity contribution is 9.09. The van der Waals surface area contributed by atoms with Crippen LogP contribution in [0.1, 0.15) is 26.7 Å². The number of carbonyl (C=O) groups excluding carboxylic acids is 1. The molecule has 1 fully saturated rings. The van der Waals surface area contributed by atoms with Crippen LogP contribution in [0.15, 0.2) is 0 Å². The highest BCUT2D eigenvalue weighted by atomic mass is 79.9. The number of hydrogen-bond acceptors (Lipinski definition) is 4. The smallest absolute Gasteiger partial charge is 0.422 e. The number of halogens is 1. The lowest BCUT2D eigenvalue weighted by Crippen LogP contribution is -2.47. The Bertz CT molecular complexity index is 364. The lowest BCUT2D eigenvalue weighted by atomic mass is 10.4. The normalized spacial score (nSPS) is 18.2. The van der Waals surface area contributed by atoms with Gasteiger partial charge >= 0.3 is 16.3 Å². The SMILES string of the molecule is CC(C)OC(=O)NS(=O)(=O)NC1(CBr)CC1. The van der Waals surface area contributed by atoms with E-state index in [1.807, 2.05) is 0 Å². The average Bonchev–Trinajstić information content (AvgIpc) is 2.81. The molecular formula is C8H15BrN2O4S. The van der Waals surface area contributed by atoms with Crippen LogP contribution in [0, 0.1) is 0 Å². The molecule has 0 saturated heterocycles. The molecule has 0 aromatic rings. The van der Waals surface area contributed by atoms with E-state index in [-0.39, 0.29) is 6.10 Å². The van der Waals surface area contributed by atoms with Gasteiger partial charge in [0.1, 0.15) is 0 Å². The van der Waals surface area contributed by atoms with Crippen LogP contribution in [-0.4, -0.2) is 31.5 Å². The average molecular weight is 315 g/mol. The van der Waals surface area contributed by atoms with Gasteiger partial charge in [0.15, 0.2) is 0 Å². The highest BCUT2D eigenvalue weighted by Crippen LogP contribution is 2.37. The van der Waals surface area contributed by atoms with Crippen molar-refractivity contribution in [2.24, 2.45) is 0 Å². The van der Waals surface area contributed by atoms with Gasteiger partial charge in [-0.1, -0.05) is 15.9 Å². The molecule has 0 aliphatic heterocycles. The molecule has 0 spiro atoms. The molecule has 0 radical (unpaired) electrons. The Labute approximate surface area is 103 Å². The summed E-state index contributed by atoms with van der Waals surface area (Å²) in [6.45, 7) is 3.28. The van der Waals surface area contributed by atoms with Gasteiger partial charge in [-0.2, -0.15) is 13.1 Å². The first kappa shape index (κ1) is 13.7. The minimum atomic E-state index is -3.84. The first-order chi connectivity index (χ1) is 7.29. The number of carbonyl (C=O) groups is 1. The minimum Gasteiger partial charge on any atom is -0.446 e. The van der Waals surface area contributed by atoms with E-state index in [1.165, 1.54) is 0 Å². The lowest BCUT2D eigenvalue weighted by molar-refractivity contribution is 0.121. The van der Waals surface area contributed by atoms with Crippen LogP contribution < -0.4 is 9.44 Å². The summed E-state index contributed by atoms with van der Waals surface area (Å²) in [5.41, 5.74) is -0.441. The van der Waals surface area contributed by atoms with Gasteiger partial charge in [0, 0.05) is 10.9 Å². The molecule has 16 heavy (non-hydrogen) atoms. The molecule has 94 valence electrons. The number of amides is 1. The van der Waals surface area contributed by atoms with Gasteiger partial charge in [-0.3, -0.25) is 0 Å². The molecule has 6 nitrogen and oxygen atoms in total. The molecule has 0 heterocycles. The monoisotopic (exact) mass is 314 g/mol. The van der Waals surface area contributed by atoms with E-state index >= 15 is 0 Å². The van der Waals surface area contributed by atoms with Crippen molar-refractivity contribution in [2.45, 2.75) is 38.3 Å². The van der Waals surface area contributed by atoms with Crippen molar-refractivity contribution < 1.29 is 17.9 Å². The maximum atomic E-state index is 11.5. The molecule has 1 aliphatic carbocycles. The van der Waals surface area contributed by atoms with E-state index in [1.54, 1.807) is 18.6 Å². The van der Waals surface area contributed by atoms with Gasteiger partial charge in [0.2, 0.25) is 0 Å². The van der Waals surface area contributed by atoms with Gasteiger partial charge in [-0.05, 0) is 26.7 Å². The standard InChI is InChI=1S/C8H15BrN2O4S/c1-6(2)15-7(12)10-16(13,14)11-8(5-9)3-4-8/h6,11H,3-5H2,1-2H3,(H,10,12). The number of alkyl halides is 1. The largest absolute Gasteiger partial charge is 0.446 e. The molecule has 0 bridgehead atoms. The van der Waals surface area contributed by atoms with E-state index < -0.39 is 21.8 Å². The second-order valence-electron chi connectivity index (χ2n) is 4.08. The van der Waals surface area contributed by atoms with Crippen molar-refractivity contribution >= 4 is 32.2 Å². The summed E-state index contributed by atoms with van der Waals surface area (Å²) in [7, 11) is -3.84. The fourth-order valence-corrected chi connectivity index (χ4v) is 3.12. The van der Waals surface area contributed by atoms with Crippen LogP contribution in [-0.2, 0) is 14.9 Å². The number of ether oxygens (including phenoxy) is 1. The Morgan fingerprint density at radius 2 is 2.06 bits per heavy atom. The first-order valence-electron chi connectivity index (χ1n) is 4.87. The van der Waals surface area contributed by atoms with E-state index in [4.69, 9.17) is 0 Å². The van der Waals surface area contributed by atoms with Crippen molar-refractivity contribution in [3.05, 3.63) is 0 Å². The summed E-state index contributed by atoms with van der Waals surface area (Å²) in [5.74, 6) is 0. The summed E-state index contributed by atoms with van der Waals surface area (Å²) in [5, 5.41) is 0.528. The van der Waals surface area contributed by atoms with Crippen LogP contribution in [0.5, 0.6) is 0 Å². The highest BCUT2D eigenvalue weighted by Gasteiger charge is 2.45. The van der Waals surface area contributed by atoms with E-state index in [2.05, 4.69) is 25.4 Å². The van der Waals surface area contributed by atoms with Crippen LogP contribution in [0.2, 0.25) is 0 Å². The molecule has 1 aliphatic rings. The topological polar surface area (TPSA) is 84.5 Å². The van der Waals surface area contributed by atoms with Crippen molar-refractivity contribution in [1.29, 1.82) is 0 Å². The minimum absolute atomic E-state index is 0.360. The quantitative estimate of drug-likeness (QED) is 0.738. The van der Waals surface area contributed by atoms with Crippen molar-refractivity contribution in [3.63, 3.8) is 0 Å². The molecular weight excluding hydrogens is 300 g/mol. The van der Waals surface area contributed by atoms with Crippen molar-refractivity contribution in [2.75, 3.05) is 5.33 Å². The molecule has 0 aromatic heterocycles. The Balaban J connectivity index is 2.49. The van der Waals surface area contributed by atoms with Crippen LogP contribution >= 0.6 is 15.9 Å². The Morgan fingerprint density at radius 1 is 1.50 bits per heavy atom. The third-order valence-electron chi connectivity index (χ3n) is 2.02. The fraction of sp³-hybridized carbons (Fsp3) is 0.875. The van der Waals surface area contributed by atoms with Gasteiger partial charge in [-0.15, -0.1) is 0 Å². The Morgan fingerprint density at radius 3 is 2.44 bits per heavy atom.